The van der Waals surface area contributed by atoms with Crippen LogP contribution in [-0.4, -0.2) is 20.3 Å². The summed E-state index contributed by atoms with van der Waals surface area (Å²) in [7, 11) is 0. The molecule has 1 atom stereocenters. The Hall–Kier alpha value is -1.33. The first-order chi connectivity index (χ1) is 7.22. The molecule has 0 aliphatic heterocycles. The first kappa shape index (κ1) is 10.2. The Balaban J connectivity index is 2.59. The fourth-order valence-electron chi connectivity index (χ4n) is 1.36. The van der Waals surface area contributed by atoms with E-state index in [1.165, 1.54) is 6.33 Å². The first-order valence-corrected chi connectivity index (χ1v) is 5.93. The van der Waals surface area contributed by atoms with Crippen molar-refractivity contribution >= 4 is 27.9 Å². The third-order valence-corrected chi connectivity index (χ3v) is 3.47. The molecule has 1 heterocycles. The summed E-state index contributed by atoms with van der Waals surface area (Å²) < 4.78 is 11.6. The molecule has 1 aromatic carbocycles. The second-order valence-electron chi connectivity index (χ2n) is 3.07. The largest absolute Gasteiger partial charge is 0.611 e. The number of nitrogens with two attached hydrogens (primary N) is 1. The van der Waals surface area contributed by atoms with Crippen LogP contribution in [0.15, 0.2) is 29.4 Å². The quantitative estimate of drug-likeness (QED) is 0.776. The van der Waals surface area contributed by atoms with E-state index in [-0.39, 0.29) is 0 Å². The van der Waals surface area contributed by atoms with Gasteiger partial charge in [0.25, 0.3) is 0 Å². The highest BCUT2D eigenvalue weighted by atomic mass is 32.2. The van der Waals surface area contributed by atoms with E-state index in [1.54, 1.807) is 6.07 Å². The lowest BCUT2D eigenvalue weighted by atomic mass is 10.2. The third kappa shape index (κ3) is 1.88. The van der Waals surface area contributed by atoms with Crippen LogP contribution >= 0.6 is 0 Å². The molecule has 0 saturated carbocycles. The van der Waals surface area contributed by atoms with Crippen molar-refractivity contribution in [3.8, 4) is 0 Å². The van der Waals surface area contributed by atoms with Gasteiger partial charge in [-0.15, -0.1) is 0 Å². The number of fused-ring (bicyclic) bond motifs is 1. The van der Waals surface area contributed by atoms with E-state index >= 15 is 0 Å². The number of anilines is 1. The number of nitrogen functional groups attached to an aromatic ring is 1. The predicted octanol–water partition coefficient (Wildman–Crippen LogP) is 1.34. The zero-order valence-electron chi connectivity index (χ0n) is 8.30. The van der Waals surface area contributed by atoms with Crippen LogP contribution in [0.3, 0.4) is 0 Å². The van der Waals surface area contributed by atoms with Crippen LogP contribution in [-0.2, 0) is 11.2 Å². The molecule has 0 radical (unpaired) electrons. The monoisotopic (exact) mass is 221 g/mol. The fraction of sp³-hybridized carbons (Fsp3) is 0.200. The molecule has 0 amide bonds. The van der Waals surface area contributed by atoms with E-state index in [9.17, 15) is 4.55 Å². The van der Waals surface area contributed by atoms with Crippen LogP contribution in [0, 0.1) is 0 Å². The number of aromatic nitrogens is 2. The molecule has 2 rings (SSSR count). The Morgan fingerprint density at radius 1 is 1.40 bits per heavy atom. The van der Waals surface area contributed by atoms with Crippen LogP contribution in [0.4, 0.5) is 5.82 Å². The minimum Gasteiger partial charge on any atom is -0.611 e. The fourth-order valence-corrected chi connectivity index (χ4v) is 2.17. The normalized spacial score (nSPS) is 12.9. The molecule has 2 aromatic rings. The second kappa shape index (κ2) is 4.04. The summed E-state index contributed by atoms with van der Waals surface area (Å²) in [6, 6.07) is 5.43. The number of benzene rings is 1. The lowest BCUT2D eigenvalue weighted by molar-refractivity contribution is 0.596. The zero-order chi connectivity index (χ0) is 10.8. The van der Waals surface area contributed by atoms with E-state index in [2.05, 4.69) is 9.97 Å². The average Bonchev–Trinajstić information content (AvgIpc) is 2.28. The SMILES string of the molecule is CC[S+]([O-])c1ccc2ncnc(N)c2c1. The molecule has 4 nitrogen and oxygen atoms in total. The Kier molecular flexibility index (Phi) is 2.75. The molecule has 0 bridgehead atoms. The summed E-state index contributed by atoms with van der Waals surface area (Å²) in [5, 5.41) is 0.761. The van der Waals surface area contributed by atoms with Crippen molar-refractivity contribution in [1.29, 1.82) is 0 Å². The van der Waals surface area contributed by atoms with E-state index in [0.29, 0.717) is 11.6 Å². The van der Waals surface area contributed by atoms with Crippen molar-refractivity contribution in [2.75, 3.05) is 11.5 Å². The standard InChI is InChI=1S/C10H11N3OS/c1-2-15(14)7-3-4-9-8(5-7)10(11)13-6-12-9/h3-6H,2H2,1H3,(H2,11,12,13). The molecular weight excluding hydrogens is 210 g/mol. The van der Waals surface area contributed by atoms with Gasteiger partial charge in [0, 0.05) is 11.5 Å². The summed E-state index contributed by atoms with van der Waals surface area (Å²) in [5.74, 6) is 1.02. The molecule has 15 heavy (non-hydrogen) atoms. The van der Waals surface area contributed by atoms with Crippen LogP contribution in [0.1, 0.15) is 6.92 Å². The van der Waals surface area contributed by atoms with Gasteiger partial charge in [-0.2, -0.15) is 0 Å². The summed E-state index contributed by atoms with van der Waals surface area (Å²) >= 11 is -0.966. The Morgan fingerprint density at radius 3 is 2.93 bits per heavy atom. The zero-order valence-corrected chi connectivity index (χ0v) is 9.12. The van der Waals surface area contributed by atoms with Gasteiger partial charge in [-0.1, -0.05) is 0 Å². The van der Waals surface area contributed by atoms with Gasteiger partial charge < -0.3 is 10.3 Å². The number of hydrogen-bond donors (Lipinski definition) is 1. The van der Waals surface area contributed by atoms with Crippen LogP contribution in [0.2, 0.25) is 0 Å². The van der Waals surface area contributed by atoms with Crippen molar-refractivity contribution in [3.63, 3.8) is 0 Å². The second-order valence-corrected chi connectivity index (χ2v) is 4.81. The van der Waals surface area contributed by atoms with Gasteiger partial charge in [0.2, 0.25) is 0 Å². The summed E-state index contributed by atoms with van der Waals surface area (Å²) in [6.07, 6.45) is 1.42. The van der Waals surface area contributed by atoms with Gasteiger partial charge in [0.05, 0.1) is 5.52 Å². The molecule has 0 fully saturated rings. The Labute approximate surface area is 90.7 Å². The maximum absolute atomic E-state index is 11.6. The molecule has 0 aliphatic carbocycles. The van der Waals surface area contributed by atoms with Gasteiger partial charge in [-0.25, -0.2) is 9.97 Å². The van der Waals surface area contributed by atoms with Gasteiger partial charge in [0.1, 0.15) is 17.9 Å². The molecule has 2 N–H and O–H groups in total. The third-order valence-electron chi connectivity index (χ3n) is 2.16. The average molecular weight is 221 g/mol. The van der Waals surface area contributed by atoms with Crippen molar-refractivity contribution in [2.45, 2.75) is 11.8 Å². The van der Waals surface area contributed by atoms with Gasteiger partial charge in [0.15, 0.2) is 4.90 Å². The van der Waals surface area contributed by atoms with Gasteiger partial charge in [-0.3, -0.25) is 0 Å². The highest BCUT2D eigenvalue weighted by Crippen LogP contribution is 2.21. The minimum atomic E-state index is -0.966. The Morgan fingerprint density at radius 2 is 2.20 bits per heavy atom. The predicted molar refractivity (Wildman–Crippen MR) is 60.9 cm³/mol. The number of hydrogen-bond acceptors (Lipinski definition) is 4. The van der Waals surface area contributed by atoms with Crippen molar-refractivity contribution in [3.05, 3.63) is 24.5 Å². The molecule has 0 saturated heterocycles. The molecular formula is C10H11N3OS. The first-order valence-electron chi connectivity index (χ1n) is 4.61. The minimum absolute atomic E-state index is 0.426. The molecule has 0 aliphatic rings. The van der Waals surface area contributed by atoms with Crippen LogP contribution < -0.4 is 5.73 Å². The Bertz CT molecular complexity index is 489. The number of rotatable bonds is 2. The molecule has 0 spiro atoms. The number of nitrogens with zero attached hydrogens (tertiary/aromatic N) is 2. The highest BCUT2D eigenvalue weighted by molar-refractivity contribution is 7.91. The molecule has 1 aromatic heterocycles. The smallest absolute Gasteiger partial charge is 0.153 e. The molecule has 5 heteroatoms. The lowest BCUT2D eigenvalue weighted by Crippen LogP contribution is -2.04. The van der Waals surface area contributed by atoms with E-state index in [4.69, 9.17) is 5.73 Å². The molecule has 1 unspecified atom stereocenters. The van der Waals surface area contributed by atoms with Crippen molar-refractivity contribution < 1.29 is 4.55 Å². The summed E-state index contributed by atoms with van der Waals surface area (Å²) in [5.41, 5.74) is 6.49. The molecule has 78 valence electrons. The van der Waals surface area contributed by atoms with Crippen molar-refractivity contribution in [1.82, 2.24) is 9.97 Å². The summed E-state index contributed by atoms with van der Waals surface area (Å²) in [6.45, 7) is 1.88. The van der Waals surface area contributed by atoms with Crippen LogP contribution in [0.5, 0.6) is 0 Å². The maximum atomic E-state index is 11.6. The summed E-state index contributed by atoms with van der Waals surface area (Å²) in [4.78, 5) is 8.75. The van der Waals surface area contributed by atoms with E-state index in [0.717, 1.165) is 15.8 Å². The van der Waals surface area contributed by atoms with Gasteiger partial charge >= 0.3 is 0 Å². The van der Waals surface area contributed by atoms with Crippen LogP contribution in [0.25, 0.3) is 10.9 Å². The van der Waals surface area contributed by atoms with E-state index in [1.807, 2.05) is 19.1 Å². The maximum Gasteiger partial charge on any atom is 0.153 e. The van der Waals surface area contributed by atoms with Crippen molar-refractivity contribution in [2.24, 2.45) is 0 Å². The topological polar surface area (TPSA) is 74.9 Å². The highest BCUT2D eigenvalue weighted by Gasteiger charge is 2.10. The lowest BCUT2D eigenvalue weighted by Gasteiger charge is -2.08. The van der Waals surface area contributed by atoms with E-state index < -0.39 is 11.2 Å². The van der Waals surface area contributed by atoms with Gasteiger partial charge in [-0.05, 0) is 30.2 Å².